The number of amides is 1. The molecule has 0 aromatic carbocycles. The number of carbonyl (C=O) groups excluding carboxylic acids is 1. The van der Waals surface area contributed by atoms with Gasteiger partial charge in [-0.25, -0.2) is 4.68 Å². The predicted octanol–water partition coefficient (Wildman–Crippen LogP) is 2.91. The third-order valence-corrected chi connectivity index (χ3v) is 4.98. The highest BCUT2D eigenvalue weighted by Gasteiger charge is 2.29. The molecule has 1 atom stereocenters. The summed E-state index contributed by atoms with van der Waals surface area (Å²) >= 11 is 1.51. The van der Waals surface area contributed by atoms with Gasteiger partial charge in [-0.05, 0) is 30.2 Å². The molecule has 1 fully saturated rings. The number of hydrogen-bond acceptors (Lipinski definition) is 5. The number of hydrogen-bond donors (Lipinski definition) is 1. The van der Waals surface area contributed by atoms with Crippen molar-refractivity contribution in [2.75, 3.05) is 0 Å². The van der Waals surface area contributed by atoms with Crippen molar-refractivity contribution in [1.29, 1.82) is 5.26 Å². The average molecular weight is 329 g/mol. The Hall–Kier alpha value is -2.20. The summed E-state index contributed by atoms with van der Waals surface area (Å²) < 4.78 is 1.52. The van der Waals surface area contributed by atoms with Gasteiger partial charge in [0.05, 0.1) is 23.9 Å². The maximum absolute atomic E-state index is 12.5. The van der Waals surface area contributed by atoms with Crippen LogP contribution in [0.15, 0.2) is 23.0 Å². The molecular weight excluding hydrogens is 310 g/mol. The monoisotopic (exact) mass is 329 g/mol. The van der Waals surface area contributed by atoms with Crippen LogP contribution in [0.3, 0.4) is 0 Å². The zero-order valence-electron chi connectivity index (χ0n) is 12.8. The maximum Gasteiger partial charge on any atom is 0.252 e. The zero-order chi connectivity index (χ0) is 16.1. The molecule has 1 unspecified atom stereocenters. The van der Waals surface area contributed by atoms with E-state index in [-0.39, 0.29) is 18.5 Å². The summed E-state index contributed by atoms with van der Waals surface area (Å²) in [6, 6.07) is 3.73. The number of nitriles is 1. The molecule has 1 aliphatic carbocycles. The van der Waals surface area contributed by atoms with Crippen LogP contribution in [-0.4, -0.2) is 20.9 Å². The summed E-state index contributed by atoms with van der Waals surface area (Å²) in [4.78, 5) is 12.5. The molecule has 0 aliphatic heterocycles. The first-order valence-corrected chi connectivity index (χ1v) is 8.82. The second-order valence-electron chi connectivity index (χ2n) is 5.86. The number of nitrogens with one attached hydrogen (secondary N) is 1. The molecular formula is C16H19N5OS. The Bertz CT molecular complexity index is 682. The molecule has 0 spiro atoms. The molecule has 1 aliphatic rings. The van der Waals surface area contributed by atoms with E-state index in [1.165, 1.54) is 35.3 Å². The van der Waals surface area contributed by atoms with Gasteiger partial charge in [0.25, 0.3) is 5.91 Å². The van der Waals surface area contributed by atoms with E-state index in [4.69, 9.17) is 5.26 Å². The van der Waals surface area contributed by atoms with Crippen molar-refractivity contribution in [2.24, 2.45) is 5.92 Å². The summed E-state index contributed by atoms with van der Waals surface area (Å²) in [6.07, 6.45) is 7.56. The van der Waals surface area contributed by atoms with Gasteiger partial charge in [0.1, 0.15) is 12.2 Å². The van der Waals surface area contributed by atoms with E-state index >= 15 is 0 Å². The van der Waals surface area contributed by atoms with Crippen LogP contribution in [0.4, 0.5) is 0 Å². The lowest BCUT2D eigenvalue weighted by Gasteiger charge is -2.29. The van der Waals surface area contributed by atoms with Crippen LogP contribution >= 0.6 is 11.3 Å². The lowest BCUT2D eigenvalue weighted by molar-refractivity contribution is 0.0911. The molecule has 2 aromatic rings. The number of aromatic nitrogens is 3. The largest absolute Gasteiger partial charge is 0.343 e. The lowest BCUT2D eigenvalue weighted by atomic mass is 9.82. The van der Waals surface area contributed by atoms with Crippen LogP contribution in [0.25, 0.3) is 0 Å². The van der Waals surface area contributed by atoms with Crippen LogP contribution < -0.4 is 5.32 Å². The highest BCUT2D eigenvalue weighted by Crippen LogP contribution is 2.34. The Labute approximate surface area is 139 Å². The van der Waals surface area contributed by atoms with Gasteiger partial charge in [-0.2, -0.15) is 16.6 Å². The van der Waals surface area contributed by atoms with Gasteiger partial charge < -0.3 is 5.32 Å². The molecule has 120 valence electrons. The highest BCUT2D eigenvalue weighted by molar-refractivity contribution is 7.08. The zero-order valence-corrected chi connectivity index (χ0v) is 13.6. The van der Waals surface area contributed by atoms with E-state index in [0.29, 0.717) is 11.5 Å². The van der Waals surface area contributed by atoms with E-state index in [1.807, 2.05) is 16.8 Å². The van der Waals surface area contributed by atoms with E-state index in [9.17, 15) is 4.79 Å². The van der Waals surface area contributed by atoms with Crippen LogP contribution in [0.2, 0.25) is 0 Å². The van der Waals surface area contributed by atoms with Crippen molar-refractivity contribution in [3.63, 3.8) is 0 Å². The van der Waals surface area contributed by atoms with Crippen LogP contribution in [-0.2, 0) is 6.54 Å². The predicted molar refractivity (Wildman–Crippen MR) is 86.7 cm³/mol. The second-order valence-corrected chi connectivity index (χ2v) is 6.64. The molecule has 7 heteroatoms. The minimum atomic E-state index is -0.143. The average Bonchev–Trinajstić information content (AvgIpc) is 3.25. The van der Waals surface area contributed by atoms with Gasteiger partial charge in [0.15, 0.2) is 0 Å². The first kappa shape index (κ1) is 15.7. The molecule has 2 heterocycles. The minimum absolute atomic E-state index is 0.0725. The molecule has 6 nitrogen and oxygen atoms in total. The fourth-order valence-electron chi connectivity index (χ4n) is 3.12. The summed E-state index contributed by atoms with van der Waals surface area (Å²) in [5.41, 5.74) is 1.43. The van der Waals surface area contributed by atoms with E-state index in [0.717, 1.165) is 18.5 Å². The fourth-order valence-corrected chi connectivity index (χ4v) is 3.76. The molecule has 1 N–H and O–H groups in total. The maximum atomic E-state index is 12.5. The first-order valence-electron chi connectivity index (χ1n) is 7.88. The third kappa shape index (κ3) is 3.77. The van der Waals surface area contributed by atoms with E-state index < -0.39 is 0 Å². The SMILES string of the molecule is N#CCn1cc(C(NC(=O)c2ccsc2)C2CCCCC2)nn1. The van der Waals surface area contributed by atoms with Crippen molar-refractivity contribution in [3.05, 3.63) is 34.3 Å². The van der Waals surface area contributed by atoms with Gasteiger partial charge in [-0.3, -0.25) is 4.79 Å². The Balaban J connectivity index is 1.80. The lowest BCUT2D eigenvalue weighted by Crippen LogP contribution is -2.34. The topological polar surface area (TPSA) is 83.6 Å². The summed E-state index contributed by atoms with van der Waals surface area (Å²) in [6.45, 7) is 0.170. The van der Waals surface area contributed by atoms with E-state index in [2.05, 4.69) is 21.7 Å². The summed E-state index contributed by atoms with van der Waals surface area (Å²) in [7, 11) is 0. The molecule has 1 saturated carbocycles. The quantitative estimate of drug-likeness (QED) is 0.914. The van der Waals surface area contributed by atoms with Crippen molar-refractivity contribution in [3.8, 4) is 6.07 Å². The number of carbonyl (C=O) groups is 1. The Kier molecular flexibility index (Phi) is 5.03. The Morgan fingerprint density at radius 2 is 2.30 bits per heavy atom. The molecule has 2 aromatic heterocycles. The molecule has 1 amide bonds. The number of rotatable bonds is 5. The summed E-state index contributed by atoms with van der Waals surface area (Å²) in [5.74, 6) is 0.301. The molecule has 23 heavy (non-hydrogen) atoms. The molecule has 0 radical (unpaired) electrons. The molecule has 0 saturated heterocycles. The fraction of sp³-hybridized carbons (Fsp3) is 0.500. The van der Waals surface area contributed by atoms with Crippen molar-refractivity contribution in [1.82, 2.24) is 20.3 Å². The number of thiophene rings is 1. The van der Waals surface area contributed by atoms with Crippen LogP contribution in [0.1, 0.15) is 54.2 Å². The van der Waals surface area contributed by atoms with Gasteiger partial charge in [-0.1, -0.05) is 24.5 Å². The Morgan fingerprint density at radius 3 is 3.00 bits per heavy atom. The van der Waals surface area contributed by atoms with E-state index in [1.54, 1.807) is 6.20 Å². The standard InChI is InChI=1S/C16H19N5OS/c17-7-8-21-10-14(19-20-21)15(12-4-2-1-3-5-12)18-16(22)13-6-9-23-11-13/h6,9-12,15H,1-5,8H2,(H,18,22). The first-order chi connectivity index (χ1) is 11.3. The van der Waals surface area contributed by atoms with Gasteiger partial charge in [-0.15, -0.1) is 5.10 Å². The van der Waals surface area contributed by atoms with Crippen LogP contribution in [0, 0.1) is 17.2 Å². The van der Waals surface area contributed by atoms with Crippen molar-refractivity contribution < 1.29 is 4.79 Å². The highest BCUT2D eigenvalue weighted by atomic mass is 32.1. The second kappa shape index (κ2) is 7.38. The van der Waals surface area contributed by atoms with Crippen molar-refractivity contribution in [2.45, 2.75) is 44.7 Å². The van der Waals surface area contributed by atoms with Crippen LogP contribution in [0.5, 0.6) is 0 Å². The van der Waals surface area contributed by atoms with Gasteiger partial charge in [0, 0.05) is 5.38 Å². The smallest absolute Gasteiger partial charge is 0.252 e. The minimum Gasteiger partial charge on any atom is -0.343 e. The molecule has 0 bridgehead atoms. The number of nitrogens with zero attached hydrogens (tertiary/aromatic N) is 4. The summed E-state index contributed by atoms with van der Waals surface area (Å²) in [5, 5.41) is 23.8. The normalized spacial score (nSPS) is 16.7. The molecule has 3 rings (SSSR count). The van der Waals surface area contributed by atoms with Gasteiger partial charge >= 0.3 is 0 Å². The Morgan fingerprint density at radius 1 is 1.48 bits per heavy atom. The van der Waals surface area contributed by atoms with Gasteiger partial charge in [0.2, 0.25) is 0 Å². The third-order valence-electron chi connectivity index (χ3n) is 4.30. The van der Waals surface area contributed by atoms with Crippen molar-refractivity contribution >= 4 is 17.2 Å².